The lowest BCUT2D eigenvalue weighted by molar-refractivity contribution is -0.139. The van der Waals surface area contributed by atoms with Crippen LogP contribution in [0.25, 0.3) is 0 Å². The van der Waals surface area contributed by atoms with Crippen molar-refractivity contribution in [1.82, 2.24) is 0 Å². The molecule has 0 saturated heterocycles. The van der Waals surface area contributed by atoms with Gasteiger partial charge in [-0.3, -0.25) is 0 Å². The quantitative estimate of drug-likeness (QED) is 0.489. The minimum atomic E-state index is -0.839. The predicted molar refractivity (Wildman–Crippen MR) is 107 cm³/mol. The molecule has 0 aliphatic carbocycles. The molecular weight excluding hydrogens is 410 g/mol. The van der Waals surface area contributed by atoms with Crippen molar-refractivity contribution in [3.05, 3.63) is 46.8 Å². The lowest BCUT2D eigenvalue weighted by Crippen LogP contribution is -2.28. The Morgan fingerprint density at radius 3 is 2.13 bits per heavy atom. The summed E-state index contributed by atoms with van der Waals surface area (Å²) in [6.07, 6.45) is 6.00. The van der Waals surface area contributed by atoms with Crippen LogP contribution in [0, 0.1) is 0 Å². The standard InChI is InChI=1S/C21H21NO9/c1-26-16-12-10-31-20(24)13(12)15(17(27-2)18(16)28-3)22-9-7-6-8-11(19(23)29-4)14(22)21(25)30-5/h6-9H,10H2,1-5H3. The number of esters is 3. The zero-order valence-corrected chi connectivity index (χ0v) is 17.6. The van der Waals surface area contributed by atoms with Gasteiger partial charge in [-0.25, -0.2) is 14.4 Å². The lowest BCUT2D eigenvalue weighted by Gasteiger charge is -2.28. The van der Waals surface area contributed by atoms with E-state index in [4.69, 9.17) is 28.4 Å². The van der Waals surface area contributed by atoms with Gasteiger partial charge in [-0.15, -0.1) is 0 Å². The molecular formula is C21H21NO9. The Bertz CT molecular complexity index is 1040. The second-order valence-electron chi connectivity index (χ2n) is 6.19. The molecule has 31 heavy (non-hydrogen) atoms. The van der Waals surface area contributed by atoms with Gasteiger partial charge in [0.05, 0.1) is 52.2 Å². The van der Waals surface area contributed by atoms with Crippen molar-refractivity contribution in [2.24, 2.45) is 0 Å². The monoisotopic (exact) mass is 431 g/mol. The molecule has 0 spiro atoms. The summed E-state index contributed by atoms with van der Waals surface area (Å²) < 4.78 is 31.5. The zero-order valence-electron chi connectivity index (χ0n) is 17.6. The molecule has 0 amide bonds. The number of rotatable bonds is 6. The summed E-state index contributed by atoms with van der Waals surface area (Å²) in [7, 11) is 6.56. The maximum absolute atomic E-state index is 12.8. The fourth-order valence-corrected chi connectivity index (χ4v) is 3.44. The minimum Gasteiger partial charge on any atom is -0.492 e. The molecule has 164 valence electrons. The first-order chi connectivity index (χ1) is 14.9. The molecule has 10 nitrogen and oxygen atoms in total. The molecule has 0 aromatic heterocycles. The van der Waals surface area contributed by atoms with Crippen LogP contribution in [0.4, 0.5) is 5.69 Å². The Morgan fingerprint density at radius 1 is 0.903 bits per heavy atom. The van der Waals surface area contributed by atoms with Gasteiger partial charge in [0.2, 0.25) is 5.75 Å². The molecule has 0 fully saturated rings. The maximum Gasteiger partial charge on any atom is 0.355 e. The van der Waals surface area contributed by atoms with E-state index in [0.29, 0.717) is 5.56 Å². The van der Waals surface area contributed by atoms with Gasteiger partial charge in [-0.05, 0) is 12.2 Å². The Balaban J connectivity index is 2.45. The van der Waals surface area contributed by atoms with Crippen LogP contribution in [0.5, 0.6) is 17.2 Å². The second kappa shape index (κ2) is 8.82. The molecule has 2 aliphatic rings. The molecule has 2 heterocycles. The number of benzene rings is 1. The molecule has 10 heteroatoms. The first-order valence-corrected chi connectivity index (χ1v) is 9.01. The first-order valence-electron chi connectivity index (χ1n) is 9.01. The van der Waals surface area contributed by atoms with Crippen molar-refractivity contribution < 1.29 is 42.8 Å². The second-order valence-corrected chi connectivity index (χ2v) is 6.19. The van der Waals surface area contributed by atoms with Crippen LogP contribution in [0.15, 0.2) is 35.7 Å². The number of methoxy groups -OCH3 is 5. The Hall–Kier alpha value is -3.95. The molecule has 2 aliphatic heterocycles. The number of allylic oxidation sites excluding steroid dienone is 2. The van der Waals surface area contributed by atoms with Gasteiger partial charge in [0, 0.05) is 6.20 Å². The minimum absolute atomic E-state index is 0.0678. The van der Waals surface area contributed by atoms with Crippen LogP contribution in [0.1, 0.15) is 15.9 Å². The number of cyclic esters (lactones) is 1. The Labute approximate surface area is 178 Å². The fraction of sp³-hybridized carbons (Fsp3) is 0.286. The summed E-state index contributed by atoms with van der Waals surface area (Å²) in [6.45, 7) is -0.0678. The van der Waals surface area contributed by atoms with E-state index in [-0.39, 0.29) is 46.4 Å². The number of hydrogen-bond acceptors (Lipinski definition) is 10. The van der Waals surface area contributed by atoms with Crippen molar-refractivity contribution in [2.75, 3.05) is 40.4 Å². The van der Waals surface area contributed by atoms with Crippen LogP contribution in [-0.4, -0.2) is 53.5 Å². The number of carbonyl (C=O) groups excluding carboxylic acids is 3. The summed E-state index contributed by atoms with van der Waals surface area (Å²) in [5, 5.41) is 0. The van der Waals surface area contributed by atoms with Crippen molar-refractivity contribution in [3.63, 3.8) is 0 Å². The van der Waals surface area contributed by atoms with Gasteiger partial charge in [-0.2, -0.15) is 0 Å². The van der Waals surface area contributed by atoms with Gasteiger partial charge >= 0.3 is 17.9 Å². The van der Waals surface area contributed by atoms with Gasteiger partial charge < -0.3 is 33.3 Å². The van der Waals surface area contributed by atoms with Gasteiger partial charge in [0.15, 0.2) is 11.5 Å². The Kier molecular flexibility index (Phi) is 6.19. The van der Waals surface area contributed by atoms with Gasteiger partial charge in [0.25, 0.3) is 0 Å². The fourth-order valence-electron chi connectivity index (χ4n) is 3.44. The van der Waals surface area contributed by atoms with Crippen LogP contribution >= 0.6 is 0 Å². The van der Waals surface area contributed by atoms with E-state index >= 15 is 0 Å². The molecule has 1 aromatic carbocycles. The lowest BCUT2D eigenvalue weighted by atomic mass is 10.0. The third kappa shape index (κ3) is 3.45. The van der Waals surface area contributed by atoms with E-state index in [9.17, 15) is 14.4 Å². The average molecular weight is 431 g/mol. The van der Waals surface area contributed by atoms with Crippen molar-refractivity contribution in [1.29, 1.82) is 0 Å². The summed E-state index contributed by atoms with van der Waals surface area (Å²) in [5.74, 6) is -1.73. The summed E-state index contributed by atoms with van der Waals surface area (Å²) in [6, 6.07) is 0. The SMILES string of the molecule is COC(=O)C1=C(C(=O)OC)N(c2c(OC)c(OC)c(OC)c3c2C(=O)OC3)C=CC=C1. The largest absolute Gasteiger partial charge is 0.492 e. The van der Waals surface area contributed by atoms with Crippen LogP contribution in [0.3, 0.4) is 0 Å². The molecule has 0 atom stereocenters. The summed E-state index contributed by atoms with van der Waals surface area (Å²) in [4.78, 5) is 39.2. The maximum atomic E-state index is 12.8. The number of hydrogen-bond donors (Lipinski definition) is 0. The zero-order chi connectivity index (χ0) is 22.7. The Morgan fingerprint density at radius 2 is 1.55 bits per heavy atom. The van der Waals surface area contributed by atoms with Crippen LogP contribution < -0.4 is 19.1 Å². The highest BCUT2D eigenvalue weighted by molar-refractivity contribution is 6.09. The highest BCUT2D eigenvalue weighted by Crippen LogP contribution is 2.53. The molecule has 0 radical (unpaired) electrons. The highest BCUT2D eigenvalue weighted by atomic mass is 16.6. The topological polar surface area (TPSA) is 110 Å². The molecule has 0 bridgehead atoms. The molecule has 1 aromatic rings. The van der Waals surface area contributed by atoms with Crippen LogP contribution in [-0.2, 0) is 30.4 Å². The van der Waals surface area contributed by atoms with E-state index in [1.54, 1.807) is 12.2 Å². The molecule has 0 N–H and O–H groups in total. The number of fused-ring (bicyclic) bond motifs is 1. The normalized spacial score (nSPS) is 14.6. The van der Waals surface area contributed by atoms with E-state index < -0.39 is 17.9 Å². The van der Waals surface area contributed by atoms with Crippen molar-refractivity contribution >= 4 is 23.6 Å². The first kappa shape index (κ1) is 21.8. The van der Waals surface area contributed by atoms with E-state index in [1.165, 1.54) is 52.7 Å². The highest BCUT2D eigenvalue weighted by Gasteiger charge is 2.40. The smallest absolute Gasteiger partial charge is 0.355 e. The third-order valence-corrected chi connectivity index (χ3v) is 4.73. The van der Waals surface area contributed by atoms with Gasteiger partial charge in [-0.1, -0.05) is 6.08 Å². The van der Waals surface area contributed by atoms with Crippen molar-refractivity contribution in [3.8, 4) is 17.2 Å². The summed E-state index contributed by atoms with van der Waals surface area (Å²) >= 11 is 0. The number of anilines is 1. The molecule has 0 unspecified atom stereocenters. The van der Waals surface area contributed by atoms with E-state index in [1.807, 2.05) is 0 Å². The van der Waals surface area contributed by atoms with Crippen molar-refractivity contribution in [2.45, 2.75) is 6.61 Å². The van der Waals surface area contributed by atoms with Crippen LogP contribution in [0.2, 0.25) is 0 Å². The number of ether oxygens (including phenoxy) is 6. The van der Waals surface area contributed by atoms with E-state index in [0.717, 1.165) is 0 Å². The molecule has 0 saturated carbocycles. The number of carbonyl (C=O) groups is 3. The van der Waals surface area contributed by atoms with Gasteiger partial charge in [0.1, 0.15) is 18.0 Å². The average Bonchev–Trinajstić information content (AvgIpc) is 3.03. The molecule has 3 rings (SSSR count). The third-order valence-electron chi connectivity index (χ3n) is 4.73. The summed E-state index contributed by atoms with van der Waals surface area (Å²) in [5.41, 5.74) is 0.365. The number of nitrogens with zero attached hydrogens (tertiary/aromatic N) is 1. The predicted octanol–water partition coefficient (Wildman–Crippen LogP) is 1.87. The van der Waals surface area contributed by atoms with E-state index in [2.05, 4.69) is 0 Å².